The van der Waals surface area contributed by atoms with Crippen LogP contribution in [0, 0.1) is 3.57 Å². The molecule has 0 radical (unpaired) electrons. The summed E-state index contributed by atoms with van der Waals surface area (Å²) < 4.78 is 2.26. The largest absolute Gasteiger partial charge is 0.388 e. The van der Waals surface area contributed by atoms with E-state index < -0.39 is 6.10 Å². The highest BCUT2D eigenvalue weighted by Crippen LogP contribution is 2.30. The zero-order chi connectivity index (χ0) is 14.1. The number of aliphatic hydroxyl groups is 1. The molecule has 1 aromatic heterocycles. The molecule has 0 aliphatic rings. The van der Waals surface area contributed by atoms with Gasteiger partial charge >= 0.3 is 0 Å². The van der Waals surface area contributed by atoms with Gasteiger partial charge in [-0.1, -0.05) is 35.9 Å². The minimum atomic E-state index is -0.525. The molecule has 0 spiro atoms. The minimum Gasteiger partial charge on any atom is -0.388 e. The fourth-order valence-corrected chi connectivity index (χ4v) is 3.74. The van der Waals surface area contributed by atoms with Gasteiger partial charge in [0.15, 0.2) is 0 Å². The highest BCUT2D eigenvalue weighted by atomic mass is 127. The van der Waals surface area contributed by atoms with Gasteiger partial charge in [-0.2, -0.15) is 0 Å². The Morgan fingerprint density at radius 1 is 1.20 bits per heavy atom. The zero-order valence-corrected chi connectivity index (χ0v) is 14.2. The van der Waals surface area contributed by atoms with E-state index in [2.05, 4.69) is 40.1 Å². The van der Waals surface area contributed by atoms with E-state index in [0.29, 0.717) is 11.4 Å². The molecule has 20 heavy (non-hydrogen) atoms. The number of thiophene rings is 1. The van der Waals surface area contributed by atoms with Crippen molar-refractivity contribution in [1.82, 2.24) is 0 Å². The first-order chi connectivity index (χ1) is 9.65. The highest BCUT2D eigenvalue weighted by Gasteiger charge is 2.13. The molecule has 1 atom stereocenters. The van der Waals surface area contributed by atoms with E-state index >= 15 is 0 Å². The second kappa shape index (κ2) is 6.02. The molecule has 0 amide bonds. The van der Waals surface area contributed by atoms with Gasteiger partial charge in [-0.15, -0.1) is 11.3 Å². The molecule has 0 aliphatic carbocycles. The maximum atomic E-state index is 10.4. The van der Waals surface area contributed by atoms with Gasteiger partial charge in [0.1, 0.15) is 0 Å². The smallest absolute Gasteiger partial charge is 0.0831 e. The minimum absolute atomic E-state index is 0.525. The molecule has 0 fully saturated rings. The van der Waals surface area contributed by atoms with Crippen LogP contribution in [0.1, 0.15) is 17.2 Å². The van der Waals surface area contributed by atoms with Crippen LogP contribution >= 0.6 is 45.5 Å². The Morgan fingerprint density at radius 3 is 2.80 bits per heavy atom. The van der Waals surface area contributed by atoms with E-state index in [1.165, 1.54) is 15.6 Å². The predicted octanol–water partition coefficient (Wildman–Crippen LogP) is 5.44. The van der Waals surface area contributed by atoms with Gasteiger partial charge < -0.3 is 5.11 Å². The highest BCUT2D eigenvalue weighted by molar-refractivity contribution is 14.1. The molecule has 4 heteroatoms. The lowest BCUT2D eigenvalue weighted by atomic mass is 10.0. The van der Waals surface area contributed by atoms with Crippen molar-refractivity contribution >= 4 is 55.6 Å². The maximum absolute atomic E-state index is 10.4. The van der Waals surface area contributed by atoms with Crippen molar-refractivity contribution in [2.75, 3.05) is 0 Å². The molecule has 0 bridgehead atoms. The Balaban J connectivity index is 1.88. The Hall–Kier alpha value is -0.620. The summed E-state index contributed by atoms with van der Waals surface area (Å²) in [6, 6.07) is 14.0. The molecule has 0 aliphatic heterocycles. The lowest BCUT2D eigenvalue weighted by Crippen LogP contribution is -2.01. The molecule has 2 aromatic carbocycles. The van der Waals surface area contributed by atoms with Crippen LogP contribution in [0.4, 0.5) is 0 Å². The third-order valence-electron chi connectivity index (χ3n) is 3.30. The summed E-state index contributed by atoms with van der Waals surface area (Å²) in [6.07, 6.45) is 0.0866. The first kappa shape index (κ1) is 14.3. The lowest BCUT2D eigenvalue weighted by Gasteiger charge is -2.11. The van der Waals surface area contributed by atoms with Crippen LogP contribution < -0.4 is 0 Å². The fraction of sp³-hybridized carbons (Fsp3) is 0.125. The summed E-state index contributed by atoms with van der Waals surface area (Å²) >= 11 is 10.0. The molecule has 0 saturated carbocycles. The van der Waals surface area contributed by atoms with Crippen molar-refractivity contribution in [1.29, 1.82) is 0 Å². The van der Waals surface area contributed by atoms with Crippen LogP contribution in [0.2, 0.25) is 5.02 Å². The summed E-state index contributed by atoms with van der Waals surface area (Å²) in [5.41, 5.74) is 2.05. The van der Waals surface area contributed by atoms with Crippen LogP contribution in [0.5, 0.6) is 0 Å². The topological polar surface area (TPSA) is 20.2 Å². The van der Waals surface area contributed by atoms with Crippen LogP contribution in [0.25, 0.3) is 10.1 Å². The molecule has 1 unspecified atom stereocenters. The molecule has 3 aromatic rings. The van der Waals surface area contributed by atoms with Crippen LogP contribution in [-0.4, -0.2) is 5.11 Å². The average Bonchev–Trinajstić information content (AvgIpc) is 2.85. The van der Waals surface area contributed by atoms with Crippen LogP contribution in [-0.2, 0) is 6.42 Å². The van der Waals surface area contributed by atoms with E-state index in [4.69, 9.17) is 11.6 Å². The van der Waals surface area contributed by atoms with Crippen molar-refractivity contribution < 1.29 is 5.11 Å². The van der Waals surface area contributed by atoms with E-state index in [1.807, 2.05) is 30.3 Å². The summed E-state index contributed by atoms with van der Waals surface area (Å²) in [5.74, 6) is 0. The lowest BCUT2D eigenvalue weighted by molar-refractivity contribution is 0.179. The fourth-order valence-electron chi connectivity index (χ4n) is 2.24. The summed E-state index contributed by atoms with van der Waals surface area (Å²) in [4.78, 5) is 0. The third kappa shape index (κ3) is 2.86. The maximum Gasteiger partial charge on any atom is 0.0831 e. The van der Waals surface area contributed by atoms with E-state index in [-0.39, 0.29) is 0 Å². The molecule has 102 valence electrons. The number of rotatable bonds is 3. The zero-order valence-electron chi connectivity index (χ0n) is 10.5. The second-order valence-electron chi connectivity index (χ2n) is 4.65. The van der Waals surface area contributed by atoms with Crippen molar-refractivity contribution in [3.8, 4) is 0 Å². The normalized spacial score (nSPS) is 12.8. The number of halogens is 2. The van der Waals surface area contributed by atoms with Crippen LogP contribution in [0.15, 0.2) is 47.8 Å². The molecular formula is C16H12ClIOS. The third-order valence-corrected chi connectivity index (χ3v) is 5.89. The Morgan fingerprint density at radius 2 is 2.00 bits per heavy atom. The van der Waals surface area contributed by atoms with Crippen molar-refractivity contribution in [3.63, 3.8) is 0 Å². The number of fused-ring (bicyclic) bond motifs is 1. The predicted molar refractivity (Wildman–Crippen MR) is 94.7 cm³/mol. The number of aliphatic hydroxyl groups excluding tert-OH is 1. The Kier molecular flexibility index (Phi) is 4.31. The number of benzene rings is 2. The summed E-state index contributed by atoms with van der Waals surface area (Å²) in [5, 5.41) is 14.5. The van der Waals surface area contributed by atoms with Gasteiger partial charge in [0, 0.05) is 14.7 Å². The van der Waals surface area contributed by atoms with Gasteiger partial charge in [0.05, 0.1) is 11.1 Å². The first-order valence-electron chi connectivity index (χ1n) is 6.23. The summed E-state index contributed by atoms with van der Waals surface area (Å²) in [7, 11) is 0. The Bertz CT molecular complexity index is 753. The molecule has 0 saturated heterocycles. The monoisotopic (exact) mass is 414 g/mol. The van der Waals surface area contributed by atoms with Gasteiger partial charge in [-0.05, 0) is 62.7 Å². The molecule has 1 nitrogen and oxygen atoms in total. The van der Waals surface area contributed by atoms with Crippen molar-refractivity contribution in [3.05, 3.63) is 67.6 Å². The number of hydrogen-bond acceptors (Lipinski definition) is 2. The van der Waals surface area contributed by atoms with Crippen LogP contribution in [0.3, 0.4) is 0 Å². The van der Waals surface area contributed by atoms with E-state index in [0.717, 1.165) is 9.13 Å². The van der Waals surface area contributed by atoms with Crippen molar-refractivity contribution in [2.24, 2.45) is 0 Å². The quantitative estimate of drug-likeness (QED) is 0.566. The van der Waals surface area contributed by atoms with Crippen molar-refractivity contribution in [2.45, 2.75) is 12.5 Å². The van der Waals surface area contributed by atoms with Gasteiger partial charge in [0.2, 0.25) is 0 Å². The standard InChI is InChI=1S/C16H12ClIOS/c17-13-7-10(5-6-14(13)18)15(19)8-11-9-20-16-4-2-1-3-12(11)16/h1-7,9,15,19H,8H2. The molecule has 1 N–H and O–H groups in total. The first-order valence-corrected chi connectivity index (χ1v) is 8.57. The van der Waals surface area contributed by atoms with Gasteiger partial charge in [-0.3, -0.25) is 0 Å². The van der Waals surface area contributed by atoms with E-state index in [1.54, 1.807) is 11.3 Å². The van der Waals surface area contributed by atoms with Gasteiger partial charge in [-0.25, -0.2) is 0 Å². The average molecular weight is 415 g/mol. The molecule has 3 rings (SSSR count). The second-order valence-corrected chi connectivity index (χ2v) is 7.13. The molecule has 1 heterocycles. The molecular weight excluding hydrogens is 403 g/mol. The number of hydrogen-bond donors (Lipinski definition) is 1. The van der Waals surface area contributed by atoms with E-state index in [9.17, 15) is 5.11 Å². The Labute approximate surface area is 140 Å². The SMILES string of the molecule is OC(Cc1csc2ccccc12)c1ccc(I)c(Cl)c1. The van der Waals surface area contributed by atoms with Gasteiger partial charge in [0.25, 0.3) is 0 Å². The summed E-state index contributed by atoms with van der Waals surface area (Å²) in [6.45, 7) is 0.